The van der Waals surface area contributed by atoms with Gasteiger partial charge in [-0.25, -0.2) is 0 Å². The van der Waals surface area contributed by atoms with Gasteiger partial charge in [-0.05, 0) is 36.2 Å². The minimum atomic E-state index is -0.0984. The standard InChI is InChI=1S/C21H22N4O3/c1-27-17-10-9-16(14-18(17)28-2)22-19-11-12-20(25-24-19)23-21(26)13-8-15-6-4-3-5-7-15/h3-7,9-12,14H,8,13H2,1-2H3,(H,22,24)(H,23,25,26). The fourth-order valence-corrected chi connectivity index (χ4v) is 2.64. The third kappa shape index (κ3) is 5.20. The summed E-state index contributed by atoms with van der Waals surface area (Å²) in [5, 5.41) is 14.0. The number of nitrogens with one attached hydrogen (secondary N) is 2. The van der Waals surface area contributed by atoms with Gasteiger partial charge in [-0.15, -0.1) is 10.2 Å². The molecule has 3 rings (SSSR count). The van der Waals surface area contributed by atoms with Gasteiger partial charge in [0.25, 0.3) is 0 Å². The van der Waals surface area contributed by atoms with Crippen LogP contribution in [0.2, 0.25) is 0 Å². The fourth-order valence-electron chi connectivity index (χ4n) is 2.64. The molecule has 0 spiro atoms. The van der Waals surface area contributed by atoms with Crippen molar-refractivity contribution in [1.82, 2.24) is 10.2 Å². The van der Waals surface area contributed by atoms with E-state index in [2.05, 4.69) is 20.8 Å². The molecular weight excluding hydrogens is 356 g/mol. The molecule has 0 unspecified atom stereocenters. The third-order valence-corrected chi connectivity index (χ3v) is 4.07. The number of methoxy groups -OCH3 is 2. The minimum Gasteiger partial charge on any atom is -0.493 e. The largest absolute Gasteiger partial charge is 0.493 e. The first-order valence-electron chi connectivity index (χ1n) is 8.84. The second-order valence-electron chi connectivity index (χ2n) is 6.03. The van der Waals surface area contributed by atoms with Gasteiger partial charge in [0.05, 0.1) is 14.2 Å². The van der Waals surface area contributed by atoms with Crippen molar-refractivity contribution in [3.63, 3.8) is 0 Å². The Hall–Kier alpha value is -3.61. The lowest BCUT2D eigenvalue weighted by Crippen LogP contribution is -2.14. The third-order valence-electron chi connectivity index (χ3n) is 4.07. The second kappa shape index (κ2) is 9.36. The summed E-state index contributed by atoms with van der Waals surface area (Å²) in [6.07, 6.45) is 1.07. The molecule has 144 valence electrons. The molecular formula is C21H22N4O3. The topological polar surface area (TPSA) is 85.4 Å². The molecule has 3 aromatic rings. The monoisotopic (exact) mass is 378 g/mol. The van der Waals surface area contributed by atoms with Crippen LogP contribution in [0.4, 0.5) is 17.3 Å². The smallest absolute Gasteiger partial charge is 0.225 e. The highest BCUT2D eigenvalue weighted by atomic mass is 16.5. The molecule has 0 saturated heterocycles. The van der Waals surface area contributed by atoms with E-state index in [-0.39, 0.29) is 5.91 Å². The molecule has 0 aliphatic carbocycles. The predicted octanol–water partition coefficient (Wildman–Crippen LogP) is 3.81. The predicted molar refractivity (Wildman–Crippen MR) is 108 cm³/mol. The molecule has 1 aromatic heterocycles. The first-order chi connectivity index (χ1) is 13.7. The summed E-state index contributed by atoms with van der Waals surface area (Å²) in [5.41, 5.74) is 1.91. The number of aryl methyl sites for hydroxylation is 1. The van der Waals surface area contributed by atoms with E-state index in [0.29, 0.717) is 36.0 Å². The SMILES string of the molecule is COc1ccc(Nc2ccc(NC(=O)CCc3ccccc3)nn2)cc1OC. The summed E-state index contributed by atoms with van der Waals surface area (Å²) in [6.45, 7) is 0. The highest BCUT2D eigenvalue weighted by Gasteiger charge is 2.07. The van der Waals surface area contributed by atoms with E-state index < -0.39 is 0 Å². The average Bonchev–Trinajstić information content (AvgIpc) is 2.74. The van der Waals surface area contributed by atoms with Crippen molar-refractivity contribution in [2.75, 3.05) is 24.9 Å². The number of ether oxygens (including phenoxy) is 2. The maximum Gasteiger partial charge on any atom is 0.225 e. The van der Waals surface area contributed by atoms with Crippen molar-refractivity contribution in [3.05, 3.63) is 66.2 Å². The first kappa shape index (κ1) is 19.2. The van der Waals surface area contributed by atoms with Gasteiger partial charge >= 0.3 is 0 Å². The van der Waals surface area contributed by atoms with Crippen LogP contribution < -0.4 is 20.1 Å². The summed E-state index contributed by atoms with van der Waals surface area (Å²) >= 11 is 0. The summed E-state index contributed by atoms with van der Waals surface area (Å²) < 4.78 is 10.5. The molecule has 0 saturated carbocycles. The van der Waals surface area contributed by atoms with Crippen molar-refractivity contribution < 1.29 is 14.3 Å². The molecule has 7 heteroatoms. The Bertz CT molecular complexity index is 915. The number of aromatic nitrogens is 2. The zero-order chi connectivity index (χ0) is 19.8. The number of anilines is 3. The van der Waals surface area contributed by atoms with Crippen molar-refractivity contribution in [3.8, 4) is 11.5 Å². The second-order valence-corrected chi connectivity index (χ2v) is 6.03. The lowest BCUT2D eigenvalue weighted by atomic mass is 10.1. The molecule has 7 nitrogen and oxygen atoms in total. The normalized spacial score (nSPS) is 10.2. The zero-order valence-electron chi connectivity index (χ0n) is 15.8. The number of carbonyl (C=O) groups excluding carboxylic acids is 1. The van der Waals surface area contributed by atoms with Crippen LogP contribution in [0.15, 0.2) is 60.7 Å². The van der Waals surface area contributed by atoms with E-state index in [4.69, 9.17) is 9.47 Å². The molecule has 28 heavy (non-hydrogen) atoms. The Balaban J connectivity index is 1.55. The van der Waals surface area contributed by atoms with Crippen LogP contribution in [0.3, 0.4) is 0 Å². The van der Waals surface area contributed by atoms with Crippen LogP contribution in [0.1, 0.15) is 12.0 Å². The number of amides is 1. The molecule has 2 N–H and O–H groups in total. The van der Waals surface area contributed by atoms with Gasteiger partial charge in [0.15, 0.2) is 23.1 Å². The van der Waals surface area contributed by atoms with Crippen LogP contribution in [-0.2, 0) is 11.2 Å². The molecule has 0 aliphatic rings. The van der Waals surface area contributed by atoms with Gasteiger partial charge in [0.2, 0.25) is 5.91 Å². The number of benzene rings is 2. The number of carbonyl (C=O) groups is 1. The van der Waals surface area contributed by atoms with Crippen molar-refractivity contribution in [1.29, 1.82) is 0 Å². The number of nitrogens with zero attached hydrogens (tertiary/aromatic N) is 2. The number of rotatable bonds is 8. The van der Waals surface area contributed by atoms with Crippen molar-refractivity contribution in [2.45, 2.75) is 12.8 Å². The van der Waals surface area contributed by atoms with Gasteiger partial charge in [0.1, 0.15) is 0 Å². The van der Waals surface area contributed by atoms with Gasteiger partial charge < -0.3 is 20.1 Å². The van der Waals surface area contributed by atoms with Crippen LogP contribution in [0.25, 0.3) is 0 Å². The summed E-state index contributed by atoms with van der Waals surface area (Å²) in [7, 11) is 3.17. The molecule has 1 heterocycles. The van der Waals surface area contributed by atoms with E-state index in [0.717, 1.165) is 11.3 Å². The van der Waals surface area contributed by atoms with Crippen LogP contribution in [0, 0.1) is 0 Å². The minimum absolute atomic E-state index is 0.0984. The first-order valence-corrected chi connectivity index (χ1v) is 8.84. The molecule has 0 aliphatic heterocycles. The number of hydrogen-bond acceptors (Lipinski definition) is 6. The summed E-state index contributed by atoms with van der Waals surface area (Å²) in [6, 6.07) is 18.8. The highest BCUT2D eigenvalue weighted by molar-refractivity contribution is 5.89. The Kier molecular flexibility index (Phi) is 6.41. The van der Waals surface area contributed by atoms with Gasteiger partial charge in [-0.3, -0.25) is 4.79 Å². The average molecular weight is 378 g/mol. The van der Waals surface area contributed by atoms with Crippen LogP contribution in [0.5, 0.6) is 11.5 Å². The highest BCUT2D eigenvalue weighted by Crippen LogP contribution is 2.30. The quantitative estimate of drug-likeness (QED) is 0.620. The lowest BCUT2D eigenvalue weighted by Gasteiger charge is -2.11. The lowest BCUT2D eigenvalue weighted by molar-refractivity contribution is -0.116. The van der Waals surface area contributed by atoms with E-state index in [9.17, 15) is 4.79 Å². The maximum absolute atomic E-state index is 12.1. The van der Waals surface area contributed by atoms with Crippen molar-refractivity contribution >= 4 is 23.2 Å². The summed E-state index contributed by atoms with van der Waals surface area (Å²) in [5.74, 6) is 2.12. The van der Waals surface area contributed by atoms with Crippen molar-refractivity contribution in [2.24, 2.45) is 0 Å². The molecule has 0 bridgehead atoms. The molecule has 0 fully saturated rings. The molecule has 0 radical (unpaired) electrons. The van der Waals surface area contributed by atoms with Gasteiger partial charge in [-0.1, -0.05) is 30.3 Å². The Labute approximate surface area is 163 Å². The van der Waals surface area contributed by atoms with E-state index in [1.165, 1.54) is 0 Å². The number of hydrogen-bond donors (Lipinski definition) is 2. The molecule has 1 amide bonds. The molecule has 2 aromatic carbocycles. The van der Waals surface area contributed by atoms with Crippen LogP contribution >= 0.6 is 0 Å². The Morgan fingerprint density at radius 2 is 1.61 bits per heavy atom. The van der Waals surface area contributed by atoms with Gasteiger partial charge in [-0.2, -0.15) is 0 Å². The maximum atomic E-state index is 12.1. The zero-order valence-corrected chi connectivity index (χ0v) is 15.8. The molecule has 0 atom stereocenters. The van der Waals surface area contributed by atoms with E-state index in [1.54, 1.807) is 38.5 Å². The Morgan fingerprint density at radius 1 is 0.893 bits per heavy atom. The Morgan fingerprint density at radius 3 is 2.29 bits per heavy atom. The fraction of sp³-hybridized carbons (Fsp3) is 0.190. The summed E-state index contributed by atoms with van der Waals surface area (Å²) in [4.78, 5) is 12.1. The van der Waals surface area contributed by atoms with Gasteiger partial charge in [0, 0.05) is 18.2 Å². The van der Waals surface area contributed by atoms with E-state index >= 15 is 0 Å². The van der Waals surface area contributed by atoms with E-state index in [1.807, 2.05) is 36.4 Å². The van der Waals surface area contributed by atoms with Crippen LogP contribution in [-0.4, -0.2) is 30.3 Å².